The van der Waals surface area contributed by atoms with Gasteiger partial charge in [-0.2, -0.15) is 0 Å². The molecule has 0 amide bonds. The van der Waals surface area contributed by atoms with Crippen LogP contribution in [0, 0.1) is 5.92 Å². The summed E-state index contributed by atoms with van der Waals surface area (Å²) in [4.78, 5) is 11.8. The van der Waals surface area contributed by atoms with Gasteiger partial charge in [-0.05, 0) is 53.4 Å². The number of carbonyl (C=O) groups is 1. The highest BCUT2D eigenvalue weighted by Crippen LogP contribution is 2.31. The second-order valence-electron chi connectivity index (χ2n) is 7.27. The number of rotatable bonds is 6. The van der Waals surface area contributed by atoms with Gasteiger partial charge in [0.25, 0.3) is 0 Å². The molecule has 26 heavy (non-hydrogen) atoms. The molecule has 1 unspecified atom stereocenters. The van der Waals surface area contributed by atoms with Gasteiger partial charge in [0.1, 0.15) is 0 Å². The molecular weight excluding hydrogens is 324 g/mol. The third-order valence-electron chi connectivity index (χ3n) is 5.08. The minimum atomic E-state index is -0.546. The first-order valence-corrected chi connectivity index (χ1v) is 9.15. The van der Waals surface area contributed by atoms with Gasteiger partial charge in [-0.25, -0.2) is 0 Å². The molecule has 0 saturated carbocycles. The van der Waals surface area contributed by atoms with Crippen LogP contribution in [-0.2, 0) is 19.9 Å². The Kier molecular flexibility index (Phi) is 5.28. The summed E-state index contributed by atoms with van der Waals surface area (Å²) >= 11 is 0. The Morgan fingerprint density at radius 1 is 1.00 bits per heavy atom. The highest BCUT2D eigenvalue weighted by Gasteiger charge is 2.23. The zero-order valence-electron chi connectivity index (χ0n) is 15.9. The van der Waals surface area contributed by atoms with Crippen molar-refractivity contribution in [3.8, 4) is 0 Å². The summed E-state index contributed by atoms with van der Waals surface area (Å²) < 4.78 is 11.1. The van der Waals surface area contributed by atoms with Gasteiger partial charge in [0.15, 0.2) is 6.79 Å². The Balaban J connectivity index is 1.80. The predicted molar refractivity (Wildman–Crippen MR) is 106 cm³/mol. The standard InChI is InChI=1S/C23H26O3/c1-5-16(2)22(24)25-15-26-23(3,4)19-12-13-21-18(14-19)11-10-17-8-6-7-9-20(17)21/h6-14,16H,5,15H2,1-4H3. The van der Waals surface area contributed by atoms with Gasteiger partial charge in [-0.3, -0.25) is 4.79 Å². The average molecular weight is 350 g/mol. The van der Waals surface area contributed by atoms with E-state index in [1.807, 2.05) is 27.7 Å². The first-order chi connectivity index (χ1) is 12.4. The van der Waals surface area contributed by atoms with Crippen LogP contribution in [0.5, 0.6) is 0 Å². The van der Waals surface area contributed by atoms with Crippen LogP contribution in [0.4, 0.5) is 0 Å². The second kappa shape index (κ2) is 7.46. The van der Waals surface area contributed by atoms with Crippen LogP contribution < -0.4 is 0 Å². The fourth-order valence-corrected chi connectivity index (χ4v) is 3.01. The topological polar surface area (TPSA) is 35.5 Å². The van der Waals surface area contributed by atoms with Crippen molar-refractivity contribution in [2.24, 2.45) is 5.92 Å². The smallest absolute Gasteiger partial charge is 0.310 e. The zero-order valence-corrected chi connectivity index (χ0v) is 15.9. The first kappa shape index (κ1) is 18.4. The van der Waals surface area contributed by atoms with Gasteiger partial charge in [-0.1, -0.05) is 62.4 Å². The van der Waals surface area contributed by atoms with E-state index in [4.69, 9.17) is 9.47 Å². The van der Waals surface area contributed by atoms with E-state index in [9.17, 15) is 4.79 Å². The van der Waals surface area contributed by atoms with E-state index in [0.717, 1.165) is 12.0 Å². The van der Waals surface area contributed by atoms with E-state index in [1.165, 1.54) is 21.5 Å². The minimum Gasteiger partial charge on any atom is -0.438 e. The first-order valence-electron chi connectivity index (χ1n) is 9.15. The van der Waals surface area contributed by atoms with Crippen LogP contribution in [0.2, 0.25) is 0 Å². The Labute approximate surface area is 154 Å². The maximum absolute atomic E-state index is 11.8. The third kappa shape index (κ3) is 3.73. The molecule has 0 heterocycles. The summed E-state index contributed by atoms with van der Waals surface area (Å²) in [6.45, 7) is 7.78. The van der Waals surface area contributed by atoms with E-state index in [0.29, 0.717) is 0 Å². The average Bonchev–Trinajstić information content (AvgIpc) is 2.66. The number of fused-ring (bicyclic) bond motifs is 3. The fourth-order valence-electron chi connectivity index (χ4n) is 3.01. The van der Waals surface area contributed by atoms with Crippen LogP contribution in [0.3, 0.4) is 0 Å². The van der Waals surface area contributed by atoms with Gasteiger partial charge in [0, 0.05) is 0 Å². The lowest BCUT2D eigenvalue weighted by atomic mass is 9.93. The molecule has 1 atom stereocenters. The van der Waals surface area contributed by atoms with Gasteiger partial charge in [0.2, 0.25) is 0 Å². The lowest BCUT2D eigenvalue weighted by molar-refractivity contribution is -0.174. The molecule has 0 saturated heterocycles. The molecule has 0 spiro atoms. The normalized spacial score (nSPS) is 13.1. The Bertz CT molecular complexity index is 927. The molecule has 0 bridgehead atoms. The monoisotopic (exact) mass is 350 g/mol. The Hall–Kier alpha value is -2.39. The minimum absolute atomic E-state index is 0.0358. The summed E-state index contributed by atoms with van der Waals surface area (Å²) in [5, 5.41) is 4.89. The summed E-state index contributed by atoms with van der Waals surface area (Å²) in [6, 6.07) is 19.1. The molecule has 3 aromatic rings. The van der Waals surface area contributed by atoms with Crippen molar-refractivity contribution in [2.75, 3.05) is 6.79 Å². The van der Waals surface area contributed by atoms with E-state index in [1.54, 1.807) is 0 Å². The molecular formula is C23H26O3. The molecule has 0 N–H and O–H groups in total. The van der Waals surface area contributed by atoms with Crippen molar-refractivity contribution in [1.29, 1.82) is 0 Å². The van der Waals surface area contributed by atoms with Crippen molar-refractivity contribution < 1.29 is 14.3 Å². The van der Waals surface area contributed by atoms with E-state index in [2.05, 4.69) is 54.6 Å². The predicted octanol–water partition coefficient (Wildman–Crippen LogP) is 5.79. The van der Waals surface area contributed by atoms with Gasteiger partial charge in [-0.15, -0.1) is 0 Å². The molecule has 0 fully saturated rings. The number of benzene rings is 3. The molecule has 0 aliphatic rings. The SMILES string of the molecule is CCC(C)C(=O)OCOC(C)(C)c1ccc2c(ccc3ccccc32)c1. The van der Waals surface area contributed by atoms with Crippen molar-refractivity contribution in [1.82, 2.24) is 0 Å². The maximum Gasteiger partial charge on any atom is 0.310 e. The largest absolute Gasteiger partial charge is 0.438 e. The van der Waals surface area contributed by atoms with Crippen LogP contribution >= 0.6 is 0 Å². The van der Waals surface area contributed by atoms with Gasteiger partial charge >= 0.3 is 5.97 Å². The number of hydrogen-bond donors (Lipinski definition) is 0. The van der Waals surface area contributed by atoms with Crippen LogP contribution in [0.15, 0.2) is 54.6 Å². The zero-order chi connectivity index (χ0) is 18.7. The van der Waals surface area contributed by atoms with Crippen LogP contribution in [0.1, 0.15) is 39.7 Å². The summed E-state index contributed by atoms with van der Waals surface area (Å²) in [7, 11) is 0. The maximum atomic E-state index is 11.8. The van der Waals surface area contributed by atoms with Crippen molar-refractivity contribution in [3.05, 3.63) is 60.2 Å². The third-order valence-corrected chi connectivity index (χ3v) is 5.08. The molecule has 0 aliphatic carbocycles. The number of ether oxygens (including phenoxy) is 2. The van der Waals surface area contributed by atoms with Gasteiger partial charge < -0.3 is 9.47 Å². The van der Waals surface area contributed by atoms with Crippen molar-refractivity contribution >= 4 is 27.5 Å². The fraction of sp³-hybridized carbons (Fsp3) is 0.348. The molecule has 0 aliphatic heterocycles. The van der Waals surface area contributed by atoms with Crippen molar-refractivity contribution in [2.45, 2.75) is 39.7 Å². The molecule has 0 radical (unpaired) electrons. The van der Waals surface area contributed by atoms with E-state index >= 15 is 0 Å². The summed E-state index contributed by atoms with van der Waals surface area (Å²) in [5.41, 5.74) is 0.509. The molecule has 0 aromatic heterocycles. The van der Waals surface area contributed by atoms with Crippen LogP contribution in [0.25, 0.3) is 21.5 Å². The van der Waals surface area contributed by atoms with Crippen LogP contribution in [-0.4, -0.2) is 12.8 Å². The Morgan fingerprint density at radius 3 is 2.46 bits per heavy atom. The lowest BCUT2D eigenvalue weighted by Gasteiger charge is -2.26. The summed E-state index contributed by atoms with van der Waals surface area (Å²) in [5.74, 6) is -0.316. The molecule has 3 heteroatoms. The Morgan fingerprint density at radius 2 is 1.69 bits per heavy atom. The molecule has 3 aromatic carbocycles. The quantitative estimate of drug-likeness (QED) is 0.320. The van der Waals surface area contributed by atoms with E-state index in [-0.39, 0.29) is 18.7 Å². The molecule has 136 valence electrons. The number of esters is 1. The number of carbonyl (C=O) groups excluding carboxylic acids is 1. The second-order valence-corrected chi connectivity index (χ2v) is 7.27. The van der Waals surface area contributed by atoms with Gasteiger partial charge in [0.05, 0.1) is 11.5 Å². The van der Waals surface area contributed by atoms with E-state index < -0.39 is 5.60 Å². The van der Waals surface area contributed by atoms with Crippen molar-refractivity contribution in [3.63, 3.8) is 0 Å². The highest BCUT2D eigenvalue weighted by atomic mass is 16.7. The molecule has 3 rings (SSSR count). The lowest BCUT2D eigenvalue weighted by Crippen LogP contribution is -2.25. The summed E-state index contributed by atoms with van der Waals surface area (Å²) in [6.07, 6.45) is 0.765. The highest BCUT2D eigenvalue weighted by molar-refractivity contribution is 6.07. The number of hydrogen-bond acceptors (Lipinski definition) is 3. The molecule has 3 nitrogen and oxygen atoms in total.